The van der Waals surface area contributed by atoms with E-state index in [2.05, 4.69) is 5.32 Å². The fourth-order valence-electron chi connectivity index (χ4n) is 4.22. The van der Waals surface area contributed by atoms with E-state index in [4.69, 9.17) is 14.2 Å². The van der Waals surface area contributed by atoms with Crippen LogP contribution in [0.3, 0.4) is 0 Å². The van der Waals surface area contributed by atoms with Gasteiger partial charge in [-0.25, -0.2) is 4.79 Å². The number of aliphatic hydroxyl groups is 1. The molecule has 3 amide bonds. The van der Waals surface area contributed by atoms with Crippen LogP contribution in [0.25, 0.3) is 0 Å². The van der Waals surface area contributed by atoms with Gasteiger partial charge in [-0.1, -0.05) is 36.4 Å². The van der Waals surface area contributed by atoms with Gasteiger partial charge >= 0.3 is 6.03 Å². The molecule has 1 spiro atoms. The van der Waals surface area contributed by atoms with Crippen molar-refractivity contribution in [1.29, 1.82) is 0 Å². The lowest BCUT2D eigenvalue weighted by molar-refractivity contribution is -0.133. The number of fused-ring (bicyclic) bond motifs is 2. The van der Waals surface area contributed by atoms with Crippen LogP contribution in [0.5, 0.6) is 23.0 Å². The molecule has 8 heteroatoms. The van der Waals surface area contributed by atoms with Crippen molar-refractivity contribution in [3.05, 3.63) is 84.4 Å². The van der Waals surface area contributed by atoms with E-state index in [9.17, 15) is 14.7 Å². The van der Waals surface area contributed by atoms with E-state index in [0.29, 0.717) is 35.8 Å². The predicted octanol–water partition coefficient (Wildman–Crippen LogP) is 3.45. The van der Waals surface area contributed by atoms with E-state index < -0.39 is 23.6 Å². The maximum absolute atomic E-state index is 13.3. The number of nitrogens with one attached hydrogen (secondary N) is 1. The molecule has 2 heterocycles. The Labute approximate surface area is 196 Å². The first-order valence-electron chi connectivity index (χ1n) is 11.1. The van der Waals surface area contributed by atoms with Gasteiger partial charge in [0, 0.05) is 12.0 Å². The number of imide groups is 1. The summed E-state index contributed by atoms with van der Waals surface area (Å²) in [4.78, 5) is 27.0. The Morgan fingerprint density at radius 1 is 0.941 bits per heavy atom. The summed E-state index contributed by atoms with van der Waals surface area (Å²) in [7, 11) is 0. The maximum atomic E-state index is 13.3. The summed E-state index contributed by atoms with van der Waals surface area (Å²) in [6.07, 6.45) is -0.727. The fraction of sp³-hybridized carbons (Fsp3) is 0.231. The lowest BCUT2D eigenvalue weighted by atomic mass is 9.84. The number of β-amino-alcohol motifs (C(OH)–C–C–N with tert-alkyl or cyclic N) is 1. The topological polar surface area (TPSA) is 97.3 Å². The highest BCUT2D eigenvalue weighted by Crippen LogP contribution is 2.41. The van der Waals surface area contributed by atoms with Gasteiger partial charge in [0.05, 0.1) is 13.2 Å². The molecule has 1 saturated heterocycles. The summed E-state index contributed by atoms with van der Waals surface area (Å²) in [6.45, 7) is 0.0554. The number of hydrogen-bond donors (Lipinski definition) is 2. The maximum Gasteiger partial charge on any atom is 0.325 e. The van der Waals surface area contributed by atoms with E-state index >= 15 is 0 Å². The van der Waals surface area contributed by atoms with Crippen molar-refractivity contribution < 1.29 is 28.9 Å². The van der Waals surface area contributed by atoms with Crippen LogP contribution in [0.2, 0.25) is 0 Å². The molecule has 0 radical (unpaired) electrons. The normalized spacial score (nSPS) is 19.9. The minimum Gasteiger partial charge on any atom is -0.493 e. The minimum absolute atomic E-state index is 0.0807. The number of carbonyl (C=O) groups is 2. The zero-order valence-corrected chi connectivity index (χ0v) is 18.3. The van der Waals surface area contributed by atoms with Crippen molar-refractivity contribution >= 4 is 11.9 Å². The Balaban J connectivity index is 1.19. The second-order valence-corrected chi connectivity index (χ2v) is 8.20. The molecule has 1 fully saturated rings. The highest BCUT2D eigenvalue weighted by molar-refractivity contribution is 6.08. The number of nitrogens with zero attached hydrogens (tertiary/aromatic N) is 1. The van der Waals surface area contributed by atoms with Crippen LogP contribution < -0.4 is 19.5 Å². The Hall–Kier alpha value is -4.04. The number of rotatable bonds is 7. The number of ether oxygens (including phenoxy) is 3. The highest BCUT2D eigenvalue weighted by Gasteiger charge is 2.55. The minimum atomic E-state index is -1.17. The van der Waals surface area contributed by atoms with Gasteiger partial charge in [-0.2, -0.15) is 0 Å². The SMILES string of the molecule is O=C1NC2(CCOc3ccccc32)C(=O)N1CC(O)COc1ccc(Oc2ccccc2)cc1. The van der Waals surface area contributed by atoms with E-state index in [1.807, 2.05) is 36.4 Å². The summed E-state index contributed by atoms with van der Waals surface area (Å²) in [5.74, 6) is 2.10. The third-order valence-electron chi connectivity index (χ3n) is 5.90. The molecule has 2 N–H and O–H groups in total. The first-order valence-corrected chi connectivity index (χ1v) is 11.1. The number of carbonyl (C=O) groups excluding carboxylic acids is 2. The molecule has 34 heavy (non-hydrogen) atoms. The lowest BCUT2D eigenvalue weighted by Gasteiger charge is -2.33. The Bertz CT molecular complexity index is 1180. The average molecular weight is 460 g/mol. The van der Waals surface area contributed by atoms with Gasteiger partial charge in [-0.3, -0.25) is 9.69 Å². The van der Waals surface area contributed by atoms with Crippen LogP contribution in [0, 0.1) is 0 Å². The zero-order valence-electron chi connectivity index (χ0n) is 18.3. The van der Waals surface area contributed by atoms with Crippen molar-refractivity contribution in [2.75, 3.05) is 19.8 Å². The molecule has 0 aromatic heterocycles. The predicted molar refractivity (Wildman–Crippen MR) is 123 cm³/mol. The Morgan fingerprint density at radius 3 is 2.41 bits per heavy atom. The summed E-state index contributed by atoms with van der Waals surface area (Å²) >= 11 is 0. The van der Waals surface area contributed by atoms with E-state index in [-0.39, 0.29) is 13.2 Å². The molecule has 174 valence electrons. The van der Waals surface area contributed by atoms with Gasteiger partial charge in [0.25, 0.3) is 5.91 Å². The molecule has 5 rings (SSSR count). The molecular weight excluding hydrogens is 436 g/mol. The van der Waals surface area contributed by atoms with Crippen molar-refractivity contribution in [3.63, 3.8) is 0 Å². The number of hydrogen-bond acceptors (Lipinski definition) is 6. The smallest absolute Gasteiger partial charge is 0.325 e. The van der Waals surface area contributed by atoms with Gasteiger partial charge in [-0.05, 0) is 42.5 Å². The molecule has 0 bridgehead atoms. The third-order valence-corrected chi connectivity index (χ3v) is 5.90. The van der Waals surface area contributed by atoms with Gasteiger partial charge in [0.2, 0.25) is 0 Å². The summed E-state index contributed by atoms with van der Waals surface area (Å²) in [5.41, 5.74) is -0.535. The Kier molecular flexibility index (Phi) is 5.81. The van der Waals surface area contributed by atoms with Crippen molar-refractivity contribution in [2.45, 2.75) is 18.1 Å². The first-order chi connectivity index (χ1) is 16.5. The van der Waals surface area contributed by atoms with Crippen molar-refractivity contribution in [1.82, 2.24) is 10.2 Å². The molecule has 2 atom stereocenters. The monoisotopic (exact) mass is 460 g/mol. The molecule has 2 aliphatic heterocycles. The van der Waals surface area contributed by atoms with Gasteiger partial charge in [0.15, 0.2) is 5.54 Å². The molecule has 8 nitrogen and oxygen atoms in total. The van der Waals surface area contributed by atoms with Crippen LogP contribution in [0.4, 0.5) is 4.79 Å². The molecule has 3 aromatic rings. The fourth-order valence-corrected chi connectivity index (χ4v) is 4.22. The largest absolute Gasteiger partial charge is 0.493 e. The quantitative estimate of drug-likeness (QED) is 0.525. The number of urea groups is 1. The lowest BCUT2D eigenvalue weighted by Crippen LogP contribution is -2.48. The van der Waals surface area contributed by atoms with Crippen LogP contribution in [0.15, 0.2) is 78.9 Å². The van der Waals surface area contributed by atoms with Gasteiger partial charge < -0.3 is 24.6 Å². The van der Waals surface area contributed by atoms with Crippen molar-refractivity contribution in [3.8, 4) is 23.0 Å². The van der Waals surface area contributed by atoms with Gasteiger partial charge in [-0.15, -0.1) is 0 Å². The van der Waals surface area contributed by atoms with Crippen LogP contribution in [0.1, 0.15) is 12.0 Å². The van der Waals surface area contributed by atoms with E-state index in [1.54, 1.807) is 42.5 Å². The number of benzene rings is 3. The van der Waals surface area contributed by atoms with E-state index in [1.165, 1.54) is 0 Å². The molecule has 2 unspecified atom stereocenters. The molecule has 3 aromatic carbocycles. The van der Waals surface area contributed by atoms with Crippen molar-refractivity contribution in [2.24, 2.45) is 0 Å². The standard InChI is InChI=1S/C26H24N2O6/c29-18(17-33-19-10-12-21(13-11-19)34-20-6-2-1-3-7-20)16-28-24(30)26(27-25(28)31)14-15-32-23-9-5-4-8-22(23)26/h1-13,18,29H,14-17H2,(H,27,31). The van der Waals surface area contributed by atoms with Gasteiger partial charge in [0.1, 0.15) is 35.7 Å². The Morgan fingerprint density at radius 2 is 1.62 bits per heavy atom. The highest BCUT2D eigenvalue weighted by atomic mass is 16.5. The molecule has 0 aliphatic carbocycles. The summed E-state index contributed by atoms with van der Waals surface area (Å²) in [5, 5.41) is 13.3. The summed E-state index contributed by atoms with van der Waals surface area (Å²) in [6, 6.07) is 23.0. The molecule has 2 aliphatic rings. The average Bonchev–Trinajstić information content (AvgIpc) is 3.09. The zero-order chi connectivity index (χ0) is 23.5. The number of aliphatic hydroxyl groups excluding tert-OH is 1. The van der Waals surface area contributed by atoms with E-state index in [0.717, 1.165) is 10.6 Å². The summed E-state index contributed by atoms with van der Waals surface area (Å²) < 4.78 is 17.0. The second kappa shape index (κ2) is 9.07. The second-order valence-electron chi connectivity index (χ2n) is 8.20. The van der Waals surface area contributed by atoms with Crippen LogP contribution in [-0.2, 0) is 10.3 Å². The molecular formula is C26H24N2O6. The van der Waals surface area contributed by atoms with Crippen LogP contribution >= 0.6 is 0 Å². The van der Waals surface area contributed by atoms with Crippen LogP contribution in [-0.4, -0.2) is 47.8 Å². The number of para-hydroxylation sites is 2. The first kappa shape index (κ1) is 21.8. The number of amides is 3. The third kappa shape index (κ3) is 4.15. The molecule has 0 saturated carbocycles.